The summed E-state index contributed by atoms with van der Waals surface area (Å²) < 4.78 is 16.3. The monoisotopic (exact) mass is 543 g/mol. The zero-order valence-corrected chi connectivity index (χ0v) is 23.6. The zero-order chi connectivity index (χ0) is 27.6. The number of halogens is 1. The highest BCUT2D eigenvalue weighted by atomic mass is 19.1. The van der Waals surface area contributed by atoms with Gasteiger partial charge in [0.25, 0.3) is 0 Å². The van der Waals surface area contributed by atoms with Crippen molar-refractivity contribution in [3.05, 3.63) is 89.0 Å². The van der Waals surface area contributed by atoms with E-state index in [1.165, 1.54) is 30.2 Å². The van der Waals surface area contributed by atoms with Crippen molar-refractivity contribution >= 4 is 5.97 Å². The fraction of sp³-hybridized carbons (Fsp3) is 0.529. The summed E-state index contributed by atoms with van der Waals surface area (Å²) in [5.41, 5.74) is 4.78. The van der Waals surface area contributed by atoms with Gasteiger partial charge in [-0.3, -0.25) is 9.48 Å². The number of benzene rings is 2. The zero-order valence-electron chi connectivity index (χ0n) is 23.6. The molecular weight excluding hydrogens is 501 g/mol. The Balaban J connectivity index is 1.11. The van der Waals surface area contributed by atoms with Gasteiger partial charge in [0.05, 0.1) is 11.6 Å². The third kappa shape index (κ3) is 6.33. The van der Waals surface area contributed by atoms with Gasteiger partial charge in [-0.25, -0.2) is 4.39 Å². The van der Waals surface area contributed by atoms with Gasteiger partial charge < -0.3 is 10.0 Å². The van der Waals surface area contributed by atoms with E-state index in [1.54, 1.807) is 12.1 Å². The number of aliphatic carboxylic acids is 1. The SMILES string of the molecule is Cn1nc(Cc2ccccc2)cc1C1CCN(C[C@H]2CC(C(CC3CC3)C(=O)O)C[C@@H]2c2cccc(F)c2)CC1. The molecule has 2 saturated carbocycles. The number of aryl methyl sites for hydroxylation is 1. The van der Waals surface area contributed by atoms with Crippen LogP contribution in [0.3, 0.4) is 0 Å². The van der Waals surface area contributed by atoms with Crippen molar-refractivity contribution in [2.45, 2.75) is 63.2 Å². The predicted octanol–water partition coefficient (Wildman–Crippen LogP) is 6.64. The van der Waals surface area contributed by atoms with Crippen LogP contribution in [0.1, 0.15) is 79.3 Å². The van der Waals surface area contributed by atoms with E-state index in [4.69, 9.17) is 5.10 Å². The number of carboxylic acids is 1. The topological polar surface area (TPSA) is 58.4 Å². The molecule has 2 unspecified atom stereocenters. The first-order valence-corrected chi connectivity index (χ1v) is 15.2. The van der Waals surface area contributed by atoms with Crippen LogP contribution in [-0.4, -0.2) is 45.4 Å². The molecule has 1 N–H and O–H groups in total. The number of hydrogen-bond donors (Lipinski definition) is 1. The lowest BCUT2D eigenvalue weighted by Gasteiger charge is -2.35. The van der Waals surface area contributed by atoms with E-state index in [1.807, 2.05) is 12.1 Å². The lowest BCUT2D eigenvalue weighted by molar-refractivity contribution is -0.144. The van der Waals surface area contributed by atoms with E-state index in [9.17, 15) is 14.3 Å². The number of likely N-dealkylation sites (tertiary alicyclic amines) is 1. The molecule has 1 aliphatic heterocycles. The van der Waals surface area contributed by atoms with Crippen LogP contribution in [0.15, 0.2) is 60.7 Å². The van der Waals surface area contributed by atoms with Gasteiger partial charge >= 0.3 is 5.97 Å². The molecule has 0 amide bonds. The van der Waals surface area contributed by atoms with E-state index in [0.29, 0.717) is 17.8 Å². The minimum Gasteiger partial charge on any atom is -0.481 e. The second-order valence-corrected chi connectivity index (χ2v) is 12.7. The maximum absolute atomic E-state index is 14.2. The van der Waals surface area contributed by atoms with Crippen molar-refractivity contribution < 1.29 is 14.3 Å². The quantitative estimate of drug-likeness (QED) is 0.311. The van der Waals surface area contributed by atoms with E-state index in [2.05, 4.69) is 47.0 Å². The van der Waals surface area contributed by atoms with Crippen LogP contribution in [0.4, 0.5) is 4.39 Å². The van der Waals surface area contributed by atoms with Crippen LogP contribution >= 0.6 is 0 Å². The molecule has 0 radical (unpaired) electrons. The molecule has 6 rings (SSSR count). The minimum absolute atomic E-state index is 0.173. The standard InChI is InChI=1S/C34H42FN3O2/c1-37-33(21-30(36-37)16-23-6-3-2-4-7-23)25-12-14-38(15-13-25)22-28-18-27(32(34(39)40)17-24-10-11-24)20-31(28)26-8-5-9-29(35)19-26/h2-9,19,21,24-25,27-28,31-32H,10-18,20,22H2,1H3,(H,39,40)/t27?,28-,31-,32?/m1/s1. The van der Waals surface area contributed by atoms with Crippen molar-refractivity contribution in [2.75, 3.05) is 19.6 Å². The summed E-state index contributed by atoms with van der Waals surface area (Å²) in [4.78, 5) is 14.8. The van der Waals surface area contributed by atoms with Crippen LogP contribution in [0.5, 0.6) is 0 Å². The summed E-state index contributed by atoms with van der Waals surface area (Å²) in [6.45, 7) is 3.03. The lowest BCUT2D eigenvalue weighted by Crippen LogP contribution is -2.37. The van der Waals surface area contributed by atoms with E-state index in [-0.39, 0.29) is 23.6 Å². The fourth-order valence-electron chi connectivity index (χ4n) is 7.61. The summed E-state index contributed by atoms with van der Waals surface area (Å²) in [5.74, 6) is 0.738. The van der Waals surface area contributed by atoms with Crippen LogP contribution < -0.4 is 0 Å². The Labute approximate surface area is 237 Å². The summed E-state index contributed by atoms with van der Waals surface area (Å²) in [5, 5.41) is 14.9. The average molecular weight is 544 g/mol. The molecule has 2 aliphatic carbocycles. The summed E-state index contributed by atoms with van der Waals surface area (Å²) in [6, 6.07) is 19.8. The highest BCUT2D eigenvalue weighted by Gasteiger charge is 2.43. The normalized spacial score (nSPS) is 24.8. The van der Waals surface area contributed by atoms with Gasteiger partial charge in [0.2, 0.25) is 0 Å². The van der Waals surface area contributed by atoms with Crippen LogP contribution in [-0.2, 0) is 18.3 Å². The summed E-state index contributed by atoms with van der Waals surface area (Å²) in [7, 11) is 2.07. The van der Waals surface area contributed by atoms with Crippen molar-refractivity contribution in [3.8, 4) is 0 Å². The van der Waals surface area contributed by atoms with Gasteiger partial charge in [0.1, 0.15) is 5.82 Å². The average Bonchev–Trinajstić information content (AvgIpc) is 3.57. The molecule has 1 saturated heterocycles. The van der Waals surface area contributed by atoms with Gasteiger partial charge in [0, 0.05) is 31.6 Å². The van der Waals surface area contributed by atoms with E-state index >= 15 is 0 Å². The molecule has 2 heterocycles. The smallest absolute Gasteiger partial charge is 0.306 e. The first kappa shape index (κ1) is 27.2. The number of nitrogens with zero attached hydrogens (tertiary/aromatic N) is 3. The number of carboxylic acid groups (broad SMARTS) is 1. The van der Waals surface area contributed by atoms with Crippen molar-refractivity contribution in [1.82, 2.24) is 14.7 Å². The molecule has 1 aromatic heterocycles. The van der Waals surface area contributed by atoms with Crippen molar-refractivity contribution in [2.24, 2.45) is 30.7 Å². The molecular formula is C34H42FN3O2. The second-order valence-electron chi connectivity index (χ2n) is 12.7. The number of hydrogen-bond acceptors (Lipinski definition) is 3. The fourth-order valence-corrected chi connectivity index (χ4v) is 7.61. The van der Waals surface area contributed by atoms with Gasteiger partial charge in [-0.1, -0.05) is 55.3 Å². The molecule has 212 valence electrons. The molecule has 3 fully saturated rings. The molecule has 3 aliphatic rings. The number of piperidine rings is 1. The van der Waals surface area contributed by atoms with Crippen LogP contribution in [0.25, 0.3) is 0 Å². The lowest BCUT2D eigenvalue weighted by atomic mass is 9.85. The van der Waals surface area contributed by atoms with Crippen LogP contribution in [0, 0.1) is 29.5 Å². The second kappa shape index (κ2) is 11.9. The number of aromatic nitrogens is 2. The highest BCUT2D eigenvalue weighted by Crippen LogP contribution is 2.49. The molecule has 0 spiro atoms. The Kier molecular flexibility index (Phi) is 8.06. The van der Waals surface area contributed by atoms with Crippen molar-refractivity contribution in [1.29, 1.82) is 0 Å². The van der Waals surface area contributed by atoms with Gasteiger partial charge in [-0.2, -0.15) is 5.10 Å². The van der Waals surface area contributed by atoms with Crippen molar-refractivity contribution in [3.63, 3.8) is 0 Å². The Morgan fingerprint density at radius 3 is 2.50 bits per heavy atom. The van der Waals surface area contributed by atoms with E-state index < -0.39 is 5.97 Å². The predicted molar refractivity (Wildman–Crippen MR) is 155 cm³/mol. The highest BCUT2D eigenvalue weighted by molar-refractivity contribution is 5.70. The Bertz CT molecular complexity index is 1300. The first-order valence-electron chi connectivity index (χ1n) is 15.2. The molecule has 2 aromatic carbocycles. The van der Waals surface area contributed by atoms with Gasteiger partial charge in [-0.15, -0.1) is 0 Å². The molecule has 4 atom stereocenters. The Morgan fingerprint density at radius 2 is 1.80 bits per heavy atom. The number of carbonyl (C=O) groups is 1. The number of rotatable bonds is 10. The van der Waals surface area contributed by atoms with Gasteiger partial charge in [0.15, 0.2) is 0 Å². The molecule has 6 heteroatoms. The molecule has 0 bridgehead atoms. The first-order chi connectivity index (χ1) is 19.4. The Hall–Kier alpha value is -2.99. The molecule has 40 heavy (non-hydrogen) atoms. The largest absolute Gasteiger partial charge is 0.481 e. The third-order valence-electron chi connectivity index (χ3n) is 9.87. The van der Waals surface area contributed by atoms with E-state index in [0.717, 1.165) is 69.4 Å². The maximum Gasteiger partial charge on any atom is 0.306 e. The van der Waals surface area contributed by atoms with Crippen LogP contribution in [0.2, 0.25) is 0 Å². The summed E-state index contributed by atoms with van der Waals surface area (Å²) >= 11 is 0. The minimum atomic E-state index is -0.640. The Morgan fingerprint density at radius 1 is 1.02 bits per heavy atom. The summed E-state index contributed by atoms with van der Waals surface area (Å²) in [6.07, 6.45) is 8.00. The third-order valence-corrected chi connectivity index (χ3v) is 9.87. The molecule has 5 nitrogen and oxygen atoms in total. The van der Waals surface area contributed by atoms with Gasteiger partial charge in [-0.05, 0) is 98.2 Å². The molecule has 3 aromatic rings. The maximum atomic E-state index is 14.2.